The van der Waals surface area contributed by atoms with E-state index < -0.39 is 23.8 Å². The number of hydrogen-bond acceptors (Lipinski definition) is 6. The maximum Gasteiger partial charge on any atom is 0.333 e. The zero-order valence-electron chi connectivity index (χ0n) is 21.0. The van der Waals surface area contributed by atoms with E-state index in [1.165, 1.54) is 18.0 Å². The summed E-state index contributed by atoms with van der Waals surface area (Å²) in [7, 11) is 4.70. The lowest BCUT2D eigenvalue weighted by molar-refractivity contribution is -0.552. The lowest BCUT2D eigenvalue weighted by atomic mass is 10.1. The van der Waals surface area contributed by atoms with Gasteiger partial charge in [0.1, 0.15) is 24.7 Å². The number of benzene rings is 2. The third-order valence-electron chi connectivity index (χ3n) is 7.18. The molecule has 3 heterocycles. The molecule has 1 atom stereocenters. The number of carbonyl (C=O) groups excluding carboxylic acids is 2. The number of amidine groups is 2. The summed E-state index contributed by atoms with van der Waals surface area (Å²) in [5.41, 5.74) is 1.42. The van der Waals surface area contributed by atoms with Gasteiger partial charge in [-0.3, -0.25) is 19.5 Å². The summed E-state index contributed by atoms with van der Waals surface area (Å²) >= 11 is 6.34. The predicted octanol–water partition coefficient (Wildman–Crippen LogP) is 2.53. The molecule has 1 unspecified atom stereocenters. The highest BCUT2D eigenvalue weighted by Gasteiger charge is 2.53. The summed E-state index contributed by atoms with van der Waals surface area (Å²) < 4.78 is 21.8. The van der Waals surface area contributed by atoms with Crippen molar-refractivity contribution in [2.75, 3.05) is 58.8 Å². The highest BCUT2D eigenvalue weighted by molar-refractivity contribution is 6.31. The van der Waals surface area contributed by atoms with Gasteiger partial charge in [-0.25, -0.2) is 13.8 Å². The van der Waals surface area contributed by atoms with Gasteiger partial charge in [0.05, 0.1) is 12.1 Å². The zero-order valence-corrected chi connectivity index (χ0v) is 21.8. The van der Waals surface area contributed by atoms with Crippen molar-refractivity contribution in [3.8, 4) is 5.75 Å². The molecule has 2 aromatic rings. The van der Waals surface area contributed by atoms with E-state index in [-0.39, 0.29) is 17.1 Å². The van der Waals surface area contributed by atoms with E-state index in [4.69, 9.17) is 21.3 Å². The molecule has 0 radical (unpaired) electrons. The highest BCUT2D eigenvalue weighted by atomic mass is 35.5. The van der Waals surface area contributed by atoms with Crippen LogP contribution in [0.3, 0.4) is 0 Å². The summed E-state index contributed by atoms with van der Waals surface area (Å²) in [5, 5.41) is 0.280. The lowest BCUT2D eigenvalue weighted by Gasteiger charge is -2.35. The Kier molecular flexibility index (Phi) is 6.87. The number of fused-ring (bicyclic) bond motifs is 1. The molecule has 11 heteroatoms. The average molecular weight is 528 g/mol. The molecule has 9 nitrogen and oxygen atoms in total. The number of rotatable bonds is 6. The minimum Gasteiger partial charge on any atom is -0.497 e. The molecule has 3 aliphatic heterocycles. The van der Waals surface area contributed by atoms with Gasteiger partial charge in [0, 0.05) is 51.5 Å². The molecule has 194 valence electrons. The topological polar surface area (TPSA) is 71.7 Å². The summed E-state index contributed by atoms with van der Waals surface area (Å²) in [5.74, 6) is 0.940. The van der Waals surface area contributed by atoms with Gasteiger partial charge in [0.15, 0.2) is 0 Å². The number of anilines is 1. The molecule has 5 rings (SSSR count). The maximum atomic E-state index is 14.7. The van der Waals surface area contributed by atoms with Gasteiger partial charge < -0.3 is 9.64 Å². The van der Waals surface area contributed by atoms with Crippen molar-refractivity contribution in [3.63, 3.8) is 0 Å². The number of piperazine rings is 1. The minimum atomic E-state index is -0.820. The van der Waals surface area contributed by atoms with Crippen molar-refractivity contribution in [2.45, 2.75) is 12.6 Å². The maximum absolute atomic E-state index is 14.7. The third kappa shape index (κ3) is 4.67. The van der Waals surface area contributed by atoms with Gasteiger partial charge in [-0.1, -0.05) is 17.7 Å². The molecule has 0 spiro atoms. The fraction of sp³-hybridized carbons (Fsp3) is 0.385. The summed E-state index contributed by atoms with van der Waals surface area (Å²) in [6.07, 6.45) is 0. The monoisotopic (exact) mass is 527 g/mol. The zero-order chi connectivity index (χ0) is 26.3. The molecule has 2 saturated heterocycles. The van der Waals surface area contributed by atoms with Crippen LogP contribution >= 0.6 is 11.6 Å². The molecule has 0 saturated carbocycles. The van der Waals surface area contributed by atoms with Crippen LogP contribution in [0.15, 0.2) is 47.5 Å². The molecule has 3 aliphatic rings. The number of ether oxygens (including phenoxy) is 1. The molecule has 37 heavy (non-hydrogen) atoms. The second-order valence-electron chi connectivity index (χ2n) is 9.32. The Morgan fingerprint density at radius 3 is 2.41 bits per heavy atom. The van der Waals surface area contributed by atoms with E-state index in [9.17, 15) is 14.0 Å². The van der Waals surface area contributed by atoms with Crippen LogP contribution in [0.4, 0.5) is 14.9 Å². The van der Waals surface area contributed by atoms with Crippen LogP contribution in [-0.4, -0.2) is 103 Å². The van der Waals surface area contributed by atoms with Crippen molar-refractivity contribution in [1.82, 2.24) is 14.7 Å². The summed E-state index contributed by atoms with van der Waals surface area (Å²) in [6, 6.07) is 11.2. The molecule has 0 aromatic heterocycles. The Bertz CT molecular complexity index is 1270. The van der Waals surface area contributed by atoms with Crippen LogP contribution in [-0.2, 0) is 11.3 Å². The van der Waals surface area contributed by atoms with Crippen molar-refractivity contribution >= 4 is 40.9 Å². The standard InChI is InChI=1S/C26H29ClFN6O3/c1-30-24-23(25(35)31(2)26(30)36)34(15-19-20(27)5-4-6-21(19)28)22(29-24)16-32-11-13-33(14-12-32)17-7-9-18(37-3)10-8-17/h4-10,23H,11-16H2,1-3H3/q+1. The summed E-state index contributed by atoms with van der Waals surface area (Å²) in [4.78, 5) is 37.5. The van der Waals surface area contributed by atoms with Gasteiger partial charge in [-0.2, -0.15) is 0 Å². The Morgan fingerprint density at radius 1 is 1.05 bits per heavy atom. The lowest BCUT2D eigenvalue weighted by Crippen LogP contribution is -2.61. The van der Waals surface area contributed by atoms with E-state index in [0.717, 1.165) is 42.5 Å². The van der Waals surface area contributed by atoms with E-state index in [2.05, 4.69) is 9.80 Å². The number of carbonyl (C=O) groups is 2. The molecular formula is C26H29ClFN6O3+. The predicted molar refractivity (Wildman–Crippen MR) is 139 cm³/mol. The number of amides is 3. The van der Waals surface area contributed by atoms with Gasteiger partial charge in [-0.05, 0) is 41.4 Å². The Labute approximate surface area is 220 Å². The van der Waals surface area contributed by atoms with Crippen molar-refractivity contribution in [2.24, 2.45) is 4.99 Å². The normalized spacial score (nSPS) is 20.5. The first-order valence-electron chi connectivity index (χ1n) is 12.1. The van der Waals surface area contributed by atoms with E-state index in [0.29, 0.717) is 18.2 Å². The van der Waals surface area contributed by atoms with Crippen molar-refractivity contribution in [3.05, 3.63) is 58.9 Å². The van der Waals surface area contributed by atoms with E-state index in [1.54, 1.807) is 30.9 Å². The number of halogens is 2. The molecule has 2 aromatic carbocycles. The number of nitrogens with zero attached hydrogens (tertiary/aromatic N) is 6. The molecule has 0 N–H and O–H groups in total. The molecule has 0 aliphatic carbocycles. The van der Waals surface area contributed by atoms with Crippen LogP contribution in [0.25, 0.3) is 0 Å². The van der Waals surface area contributed by atoms with Crippen molar-refractivity contribution in [1.29, 1.82) is 0 Å². The number of methoxy groups -OCH3 is 1. The van der Waals surface area contributed by atoms with Gasteiger partial charge in [0.2, 0.25) is 0 Å². The first-order chi connectivity index (χ1) is 17.8. The second kappa shape index (κ2) is 10.1. The van der Waals surface area contributed by atoms with Crippen LogP contribution in [0.2, 0.25) is 5.02 Å². The van der Waals surface area contributed by atoms with Gasteiger partial charge in [-0.15, -0.1) is 0 Å². The average Bonchev–Trinajstić information content (AvgIpc) is 3.26. The molecule has 2 fully saturated rings. The SMILES string of the molecule is COc1ccc(N2CCN(CC3=[N+](Cc4c(F)cccc4Cl)C4C(=O)N(C)C(=O)N(C)C4=N3)CC2)cc1. The van der Waals surface area contributed by atoms with Crippen LogP contribution in [0.1, 0.15) is 5.56 Å². The first kappa shape index (κ1) is 25.2. The highest BCUT2D eigenvalue weighted by Crippen LogP contribution is 2.26. The second-order valence-corrected chi connectivity index (χ2v) is 9.72. The van der Waals surface area contributed by atoms with Crippen LogP contribution in [0, 0.1) is 5.82 Å². The van der Waals surface area contributed by atoms with Gasteiger partial charge >= 0.3 is 11.9 Å². The van der Waals surface area contributed by atoms with Gasteiger partial charge in [0.25, 0.3) is 17.8 Å². The third-order valence-corrected chi connectivity index (χ3v) is 7.53. The number of urea groups is 1. The fourth-order valence-corrected chi connectivity index (χ4v) is 5.19. The molecular weight excluding hydrogens is 499 g/mol. The quantitative estimate of drug-likeness (QED) is 0.540. The molecule has 3 amide bonds. The molecule has 0 bridgehead atoms. The first-order valence-corrected chi connectivity index (χ1v) is 12.5. The smallest absolute Gasteiger partial charge is 0.333 e. The van der Waals surface area contributed by atoms with Crippen molar-refractivity contribution < 1.29 is 23.3 Å². The number of imide groups is 1. The van der Waals surface area contributed by atoms with E-state index in [1.807, 2.05) is 24.3 Å². The number of likely N-dealkylation sites (N-methyl/N-ethyl adjacent to an activating group) is 2. The Morgan fingerprint density at radius 2 is 1.76 bits per heavy atom. The fourth-order valence-electron chi connectivity index (χ4n) is 4.97. The number of aliphatic imine (C=N–C) groups is 1. The van der Waals surface area contributed by atoms with Crippen LogP contribution < -0.4 is 9.64 Å². The van der Waals surface area contributed by atoms with E-state index >= 15 is 0 Å². The minimum absolute atomic E-state index is 0.0614. The summed E-state index contributed by atoms with van der Waals surface area (Å²) in [6.45, 7) is 3.72. The Balaban J connectivity index is 1.39. The largest absolute Gasteiger partial charge is 0.497 e. The number of hydrogen-bond donors (Lipinski definition) is 0. The Hall–Kier alpha value is -3.50. The van der Waals surface area contributed by atoms with Crippen LogP contribution in [0.5, 0.6) is 5.75 Å².